The molecule has 0 saturated carbocycles. The zero-order valence-corrected chi connectivity index (χ0v) is 15.6. The van der Waals surface area contributed by atoms with E-state index in [1.807, 2.05) is 17.0 Å². The van der Waals surface area contributed by atoms with Crippen molar-refractivity contribution >= 4 is 28.4 Å². The zero-order chi connectivity index (χ0) is 18.1. The maximum absolute atomic E-state index is 12.6. The van der Waals surface area contributed by atoms with Gasteiger partial charge in [0.15, 0.2) is 0 Å². The van der Waals surface area contributed by atoms with Crippen molar-refractivity contribution in [2.45, 2.75) is 6.54 Å². The first-order valence-electron chi connectivity index (χ1n) is 8.92. The number of amides is 1. The molecule has 1 aromatic heterocycles. The lowest BCUT2D eigenvalue weighted by atomic mass is 10.1. The van der Waals surface area contributed by atoms with Gasteiger partial charge in [-0.15, -0.1) is 0 Å². The van der Waals surface area contributed by atoms with Crippen LogP contribution in [0.25, 0.3) is 10.9 Å². The molecule has 1 aliphatic rings. The molecule has 0 atom stereocenters. The number of carbonyl (C=O) groups is 1. The first-order chi connectivity index (χ1) is 12.6. The Morgan fingerprint density at radius 2 is 1.81 bits per heavy atom. The summed E-state index contributed by atoms with van der Waals surface area (Å²) in [4.78, 5) is 17.0. The molecule has 2 heterocycles. The molecule has 3 aromatic rings. The summed E-state index contributed by atoms with van der Waals surface area (Å²) in [6.07, 6.45) is 2.22. The molecule has 26 heavy (non-hydrogen) atoms. The molecule has 1 fully saturated rings. The van der Waals surface area contributed by atoms with E-state index < -0.39 is 0 Å². The fourth-order valence-corrected chi connectivity index (χ4v) is 3.90. The molecule has 1 aliphatic heterocycles. The van der Waals surface area contributed by atoms with Crippen LogP contribution in [-0.4, -0.2) is 46.5 Å². The number of fused-ring (bicyclic) bond motifs is 1. The smallest absolute Gasteiger partial charge is 0.253 e. The molecule has 0 N–H and O–H groups in total. The fourth-order valence-electron chi connectivity index (χ4n) is 3.71. The summed E-state index contributed by atoms with van der Waals surface area (Å²) in [5.41, 5.74) is 3.27. The standard InChI is InChI=1S/C21H22ClN3O/c1-23-14-17(19-7-2-3-8-20(19)23)15-24-9-11-25(12-10-24)21(26)16-5-4-6-18(22)13-16/h2-8,13-14H,9-12,15H2,1H3. The van der Waals surface area contributed by atoms with Crippen molar-refractivity contribution in [2.75, 3.05) is 26.2 Å². The van der Waals surface area contributed by atoms with Crippen molar-refractivity contribution in [3.8, 4) is 0 Å². The van der Waals surface area contributed by atoms with Gasteiger partial charge < -0.3 is 9.47 Å². The summed E-state index contributed by atoms with van der Waals surface area (Å²) < 4.78 is 2.18. The van der Waals surface area contributed by atoms with E-state index in [-0.39, 0.29) is 5.91 Å². The van der Waals surface area contributed by atoms with Gasteiger partial charge in [-0.25, -0.2) is 0 Å². The van der Waals surface area contributed by atoms with Crippen LogP contribution in [0.5, 0.6) is 0 Å². The molecule has 0 spiro atoms. The number of piperazine rings is 1. The van der Waals surface area contributed by atoms with E-state index in [1.54, 1.807) is 12.1 Å². The third-order valence-corrected chi connectivity index (χ3v) is 5.34. The first-order valence-corrected chi connectivity index (χ1v) is 9.30. The van der Waals surface area contributed by atoms with E-state index in [9.17, 15) is 4.79 Å². The van der Waals surface area contributed by atoms with E-state index >= 15 is 0 Å². The molecule has 0 radical (unpaired) electrons. The third kappa shape index (κ3) is 3.35. The van der Waals surface area contributed by atoms with Crippen molar-refractivity contribution in [1.82, 2.24) is 14.4 Å². The Morgan fingerprint density at radius 3 is 2.58 bits per heavy atom. The topological polar surface area (TPSA) is 28.5 Å². The number of rotatable bonds is 3. The van der Waals surface area contributed by atoms with Crippen molar-refractivity contribution < 1.29 is 4.79 Å². The van der Waals surface area contributed by atoms with E-state index in [2.05, 4.69) is 47.0 Å². The average Bonchev–Trinajstić information content (AvgIpc) is 2.98. The second-order valence-corrected chi connectivity index (χ2v) is 7.30. The minimum Gasteiger partial charge on any atom is -0.350 e. The highest BCUT2D eigenvalue weighted by molar-refractivity contribution is 6.30. The molecular weight excluding hydrogens is 346 g/mol. The maximum Gasteiger partial charge on any atom is 0.253 e. The van der Waals surface area contributed by atoms with Gasteiger partial charge in [0.1, 0.15) is 0 Å². The highest BCUT2D eigenvalue weighted by Crippen LogP contribution is 2.22. The van der Waals surface area contributed by atoms with Gasteiger partial charge in [0.2, 0.25) is 0 Å². The largest absolute Gasteiger partial charge is 0.350 e. The van der Waals surface area contributed by atoms with Gasteiger partial charge in [-0.3, -0.25) is 9.69 Å². The monoisotopic (exact) mass is 367 g/mol. The van der Waals surface area contributed by atoms with Gasteiger partial charge >= 0.3 is 0 Å². The molecule has 0 bridgehead atoms. The fraction of sp³-hybridized carbons (Fsp3) is 0.286. The summed E-state index contributed by atoms with van der Waals surface area (Å²) in [7, 11) is 2.09. The van der Waals surface area contributed by atoms with Gasteiger partial charge in [-0.1, -0.05) is 35.9 Å². The van der Waals surface area contributed by atoms with Gasteiger partial charge in [-0.05, 0) is 29.8 Å². The molecular formula is C21H22ClN3O. The van der Waals surface area contributed by atoms with E-state index in [4.69, 9.17) is 11.6 Å². The predicted octanol–water partition coefficient (Wildman–Crippen LogP) is 3.79. The number of halogens is 1. The lowest BCUT2D eigenvalue weighted by Crippen LogP contribution is -2.48. The number of aromatic nitrogens is 1. The van der Waals surface area contributed by atoms with Crippen molar-refractivity contribution in [1.29, 1.82) is 0 Å². The van der Waals surface area contributed by atoms with Crippen LogP contribution >= 0.6 is 11.6 Å². The number of aryl methyl sites for hydroxylation is 1. The lowest BCUT2D eigenvalue weighted by molar-refractivity contribution is 0.0629. The number of benzene rings is 2. The summed E-state index contributed by atoms with van der Waals surface area (Å²) in [6.45, 7) is 4.18. The minimum atomic E-state index is 0.0670. The van der Waals surface area contributed by atoms with Crippen LogP contribution in [0.3, 0.4) is 0 Å². The third-order valence-electron chi connectivity index (χ3n) is 5.10. The Bertz CT molecular complexity index is 941. The summed E-state index contributed by atoms with van der Waals surface area (Å²) in [6, 6.07) is 15.7. The summed E-state index contributed by atoms with van der Waals surface area (Å²) in [5.74, 6) is 0.0670. The number of hydrogen-bond donors (Lipinski definition) is 0. The van der Waals surface area contributed by atoms with Crippen molar-refractivity contribution in [3.05, 3.63) is 70.9 Å². The lowest BCUT2D eigenvalue weighted by Gasteiger charge is -2.34. The van der Waals surface area contributed by atoms with E-state index in [0.717, 1.165) is 32.7 Å². The van der Waals surface area contributed by atoms with Gasteiger partial charge in [-0.2, -0.15) is 0 Å². The summed E-state index contributed by atoms with van der Waals surface area (Å²) in [5, 5.41) is 1.91. The van der Waals surface area contributed by atoms with Crippen LogP contribution < -0.4 is 0 Å². The molecule has 0 unspecified atom stereocenters. The highest BCUT2D eigenvalue weighted by Gasteiger charge is 2.23. The number of nitrogens with zero attached hydrogens (tertiary/aromatic N) is 3. The zero-order valence-electron chi connectivity index (χ0n) is 14.9. The van der Waals surface area contributed by atoms with Crippen molar-refractivity contribution in [2.24, 2.45) is 7.05 Å². The second kappa shape index (κ2) is 7.14. The second-order valence-electron chi connectivity index (χ2n) is 6.86. The van der Waals surface area contributed by atoms with Gasteiger partial charge in [0.25, 0.3) is 5.91 Å². The Hall–Kier alpha value is -2.30. The number of hydrogen-bond acceptors (Lipinski definition) is 2. The van der Waals surface area contributed by atoms with Crippen LogP contribution in [0.15, 0.2) is 54.7 Å². The highest BCUT2D eigenvalue weighted by atomic mass is 35.5. The molecule has 134 valence electrons. The molecule has 0 aliphatic carbocycles. The van der Waals surface area contributed by atoms with Crippen molar-refractivity contribution in [3.63, 3.8) is 0 Å². The normalized spacial score (nSPS) is 15.5. The Balaban J connectivity index is 1.41. The molecule has 4 rings (SSSR count). The molecule has 1 amide bonds. The Kier molecular flexibility index (Phi) is 4.70. The molecule has 5 heteroatoms. The maximum atomic E-state index is 12.6. The predicted molar refractivity (Wildman–Crippen MR) is 106 cm³/mol. The van der Waals surface area contributed by atoms with Crippen LogP contribution in [0.1, 0.15) is 15.9 Å². The quantitative estimate of drug-likeness (QED) is 0.704. The van der Waals surface area contributed by atoms with Crippen LogP contribution in [-0.2, 0) is 13.6 Å². The van der Waals surface area contributed by atoms with E-state index in [0.29, 0.717) is 10.6 Å². The number of para-hydroxylation sites is 1. The van der Waals surface area contributed by atoms with Crippen LogP contribution in [0.2, 0.25) is 5.02 Å². The molecule has 2 aromatic carbocycles. The summed E-state index contributed by atoms with van der Waals surface area (Å²) >= 11 is 6.01. The molecule has 1 saturated heterocycles. The SMILES string of the molecule is Cn1cc(CN2CCN(C(=O)c3cccc(Cl)c3)CC2)c2ccccc21. The molecule has 4 nitrogen and oxygen atoms in total. The average molecular weight is 368 g/mol. The Labute approximate surface area is 158 Å². The Morgan fingerprint density at radius 1 is 1.04 bits per heavy atom. The van der Waals surface area contributed by atoms with Crippen LogP contribution in [0, 0.1) is 0 Å². The first kappa shape index (κ1) is 17.1. The van der Waals surface area contributed by atoms with Crippen LogP contribution in [0.4, 0.5) is 0 Å². The number of carbonyl (C=O) groups excluding carboxylic acids is 1. The van der Waals surface area contributed by atoms with E-state index in [1.165, 1.54) is 16.5 Å². The van der Waals surface area contributed by atoms with Gasteiger partial charge in [0, 0.05) is 67.5 Å². The minimum absolute atomic E-state index is 0.0670. The van der Waals surface area contributed by atoms with Gasteiger partial charge in [0.05, 0.1) is 0 Å².